The summed E-state index contributed by atoms with van der Waals surface area (Å²) >= 11 is 0. The molecule has 0 spiro atoms. The minimum Gasteiger partial charge on any atom is -0.455 e. The number of fused-ring (bicyclic) bond motifs is 1. The van der Waals surface area contributed by atoms with E-state index >= 15 is 0 Å². The molecular weight excluding hydrogens is 503 g/mol. The van der Waals surface area contributed by atoms with Crippen molar-refractivity contribution < 1.29 is 17.9 Å². The predicted octanol–water partition coefficient (Wildman–Crippen LogP) is 7.64. The highest BCUT2D eigenvalue weighted by Crippen LogP contribution is 2.54. The smallest absolute Gasteiger partial charge is 0.416 e. The number of aromatic amines is 1. The molecule has 0 amide bonds. The van der Waals surface area contributed by atoms with E-state index in [1.165, 1.54) is 44.2 Å². The summed E-state index contributed by atoms with van der Waals surface area (Å²) in [6.45, 7) is 0. The van der Waals surface area contributed by atoms with Crippen molar-refractivity contribution in [3.8, 4) is 22.9 Å². The number of nitrogens with one attached hydrogen (secondary N) is 2. The molecule has 2 N–H and O–H groups in total. The van der Waals surface area contributed by atoms with Crippen molar-refractivity contribution >= 4 is 16.6 Å². The molecule has 0 aliphatic heterocycles. The molecule has 0 atom stereocenters. The molecule has 4 aliphatic carbocycles. The van der Waals surface area contributed by atoms with Gasteiger partial charge in [-0.05, 0) is 86.1 Å². The maximum absolute atomic E-state index is 13.2. The number of halogens is 3. The van der Waals surface area contributed by atoms with Gasteiger partial charge in [0.15, 0.2) is 5.75 Å². The first-order valence-electron chi connectivity index (χ1n) is 13.6. The molecule has 4 saturated carbocycles. The number of hydrogen-bond acceptors (Lipinski definition) is 4. The van der Waals surface area contributed by atoms with E-state index in [1.54, 1.807) is 12.1 Å². The Morgan fingerprint density at radius 2 is 1.54 bits per heavy atom. The highest BCUT2D eigenvalue weighted by atomic mass is 19.4. The molecule has 8 rings (SSSR count). The van der Waals surface area contributed by atoms with E-state index in [9.17, 15) is 18.0 Å². The average molecular weight is 532 g/mol. The number of ether oxygens (including phenoxy) is 1. The highest BCUT2D eigenvalue weighted by Gasteiger charge is 2.48. The molecular formula is C31H28F3N3O2. The largest absolute Gasteiger partial charge is 0.455 e. The first-order chi connectivity index (χ1) is 18.8. The Kier molecular flexibility index (Phi) is 5.68. The van der Waals surface area contributed by atoms with Crippen LogP contribution in [0, 0.1) is 23.7 Å². The van der Waals surface area contributed by atoms with Gasteiger partial charge in [0.05, 0.1) is 22.2 Å². The minimum atomic E-state index is -4.44. The number of benzene rings is 3. The van der Waals surface area contributed by atoms with Crippen molar-refractivity contribution in [3.05, 3.63) is 82.6 Å². The summed E-state index contributed by atoms with van der Waals surface area (Å²) in [6, 6.07) is 18.0. The summed E-state index contributed by atoms with van der Waals surface area (Å²) in [7, 11) is 0. The fourth-order valence-electron chi connectivity index (χ4n) is 7.27. The number of hydrogen-bond donors (Lipinski definition) is 2. The lowest BCUT2D eigenvalue weighted by molar-refractivity contribution is -0.137. The van der Waals surface area contributed by atoms with Crippen molar-refractivity contribution in [1.82, 2.24) is 9.97 Å². The lowest BCUT2D eigenvalue weighted by Gasteiger charge is -2.54. The summed E-state index contributed by atoms with van der Waals surface area (Å²) in [6.07, 6.45) is 1.96. The van der Waals surface area contributed by atoms with E-state index in [0.29, 0.717) is 45.8 Å². The maximum Gasteiger partial charge on any atom is 0.416 e. The number of nitrogens with zero attached hydrogens (tertiary/aromatic N) is 1. The van der Waals surface area contributed by atoms with E-state index in [0.717, 1.165) is 29.7 Å². The van der Waals surface area contributed by atoms with E-state index in [1.807, 2.05) is 30.3 Å². The van der Waals surface area contributed by atoms with Crippen LogP contribution < -0.4 is 15.6 Å². The van der Waals surface area contributed by atoms with Crippen LogP contribution in [0.5, 0.6) is 11.5 Å². The zero-order valence-electron chi connectivity index (χ0n) is 21.2. The van der Waals surface area contributed by atoms with Crippen LogP contribution in [-0.4, -0.2) is 16.0 Å². The van der Waals surface area contributed by atoms with Crippen LogP contribution in [0.15, 0.2) is 71.5 Å². The molecule has 1 heterocycles. The topological polar surface area (TPSA) is 67.0 Å². The number of anilines is 1. The summed E-state index contributed by atoms with van der Waals surface area (Å²) in [5, 5.41) is 4.19. The zero-order chi connectivity index (χ0) is 26.7. The summed E-state index contributed by atoms with van der Waals surface area (Å²) in [4.78, 5) is 20.6. The van der Waals surface area contributed by atoms with Gasteiger partial charge >= 0.3 is 6.18 Å². The first kappa shape index (κ1) is 24.2. The quantitative estimate of drug-likeness (QED) is 0.278. The summed E-state index contributed by atoms with van der Waals surface area (Å²) in [5.74, 6) is 4.38. The molecule has 200 valence electrons. The number of rotatable bonds is 5. The summed E-state index contributed by atoms with van der Waals surface area (Å²) in [5.41, 5.74) is 0.458. The van der Waals surface area contributed by atoms with Gasteiger partial charge in [-0.25, -0.2) is 4.98 Å². The number of aromatic nitrogens is 2. The van der Waals surface area contributed by atoms with Gasteiger partial charge in [-0.15, -0.1) is 0 Å². The Balaban J connectivity index is 1.28. The Morgan fingerprint density at radius 3 is 2.18 bits per heavy atom. The second kappa shape index (κ2) is 9.14. The molecule has 0 unspecified atom stereocenters. The van der Waals surface area contributed by atoms with E-state index in [-0.39, 0.29) is 11.4 Å². The molecule has 8 heteroatoms. The van der Waals surface area contributed by atoms with Crippen LogP contribution in [0.25, 0.3) is 22.3 Å². The predicted molar refractivity (Wildman–Crippen MR) is 144 cm³/mol. The van der Waals surface area contributed by atoms with Gasteiger partial charge in [0, 0.05) is 17.7 Å². The van der Waals surface area contributed by atoms with Crippen LogP contribution >= 0.6 is 0 Å². The Hall–Kier alpha value is -3.81. The monoisotopic (exact) mass is 531 g/mol. The SMILES string of the molecule is O=c1[nH]c(-c2ccc(C(F)(F)F)cc2)nc2cc(Oc3ccccc3)c(NC3C4CC5CC(C4)CC3C5)cc12. The van der Waals surface area contributed by atoms with Crippen LogP contribution in [-0.2, 0) is 6.18 Å². The molecule has 4 aliphatic rings. The summed E-state index contributed by atoms with van der Waals surface area (Å²) < 4.78 is 45.4. The lowest BCUT2D eigenvalue weighted by atomic mass is 9.54. The second-order valence-corrected chi connectivity index (χ2v) is 11.4. The normalized spacial score (nSPS) is 25.7. The Morgan fingerprint density at radius 1 is 0.872 bits per heavy atom. The Bertz CT molecular complexity index is 1550. The molecule has 4 bridgehead atoms. The van der Waals surface area contributed by atoms with Crippen molar-refractivity contribution in [1.29, 1.82) is 0 Å². The number of H-pyrrole nitrogens is 1. The first-order valence-corrected chi connectivity index (χ1v) is 13.6. The number of para-hydroxylation sites is 1. The standard InChI is InChI=1S/C31H28F3N3O2/c32-31(33,34)22-8-6-19(7-9-22)29-36-25-16-27(39-23-4-2-1-3-5-23)26(15-24(25)30(38)37-29)35-28-20-11-17-10-18(13-20)14-21(28)12-17/h1-9,15-18,20-21,28,35H,10-14H2,(H,36,37,38). The molecule has 1 aromatic heterocycles. The minimum absolute atomic E-state index is 0.202. The molecule has 3 aromatic carbocycles. The van der Waals surface area contributed by atoms with Gasteiger partial charge in [-0.3, -0.25) is 4.79 Å². The molecule has 4 fully saturated rings. The fraction of sp³-hybridized carbons (Fsp3) is 0.355. The molecule has 5 nitrogen and oxygen atoms in total. The zero-order valence-corrected chi connectivity index (χ0v) is 21.2. The second-order valence-electron chi connectivity index (χ2n) is 11.4. The molecule has 0 radical (unpaired) electrons. The van der Waals surface area contributed by atoms with Gasteiger partial charge in [-0.2, -0.15) is 13.2 Å². The fourth-order valence-corrected chi connectivity index (χ4v) is 7.27. The Labute approximate surface area is 223 Å². The van der Waals surface area contributed by atoms with Crippen LogP contribution in [0.2, 0.25) is 0 Å². The third kappa shape index (κ3) is 4.56. The number of alkyl halides is 3. The maximum atomic E-state index is 13.2. The lowest BCUT2D eigenvalue weighted by Crippen LogP contribution is -2.51. The van der Waals surface area contributed by atoms with Crippen LogP contribution in [0.3, 0.4) is 0 Å². The van der Waals surface area contributed by atoms with Gasteiger partial charge < -0.3 is 15.0 Å². The molecule has 4 aromatic rings. The van der Waals surface area contributed by atoms with Gasteiger partial charge in [0.2, 0.25) is 0 Å². The molecule has 39 heavy (non-hydrogen) atoms. The van der Waals surface area contributed by atoms with Crippen molar-refractivity contribution in [2.45, 2.75) is 44.3 Å². The van der Waals surface area contributed by atoms with Crippen molar-refractivity contribution in [3.63, 3.8) is 0 Å². The third-order valence-electron chi connectivity index (χ3n) is 8.81. The molecule has 0 saturated heterocycles. The van der Waals surface area contributed by atoms with Gasteiger partial charge in [0.25, 0.3) is 5.56 Å². The third-order valence-corrected chi connectivity index (χ3v) is 8.81. The highest BCUT2D eigenvalue weighted by molar-refractivity contribution is 5.86. The van der Waals surface area contributed by atoms with Crippen molar-refractivity contribution in [2.75, 3.05) is 5.32 Å². The van der Waals surface area contributed by atoms with Gasteiger partial charge in [-0.1, -0.05) is 30.3 Å². The average Bonchev–Trinajstić information content (AvgIpc) is 2.91. The van der Waals surface area contributed by atoms with E-state index in [2.05, 4.69) is 15.3 Å². The van der Waals surface area contributed by atoms with Crippen LogP contribution in [0.1, 0.15) is 37.7 Å². The van der Waals surface area contributed by atoms with Gasteiger partial charge in [0.1, 0.15) is 11.6 Å². The van der Waals surface area contributed by atoms with E-state index in [4.69, 9.17) is 4.74 Å². The van der Waals surface area contributed by atoms with Crippen LogP contribution in [0.4, 0.5) is 18.9 Å². The van der Waals surface area contributed by atoms with Crippen molar-refractivity contribution in [2.24, 2.45) is 23.7 Å². The van der Waals surface area contributed by atoms with E-state index < -0.39 is 11.7 Å².